The van der Waals surface area contributed by atoms with E-state index in [1.807, 2.05) is 6.92 Å². The van der Waals surface area contributed by atoms with Crippen LogP contribution in [0, 0.1) is 11.6 Å². The minimum Gasteiger partial charge on any atom is -0.323 e. The molecule has 9 heteroatoms. The normalized spacial score (nSPS) is 18.2. The van der Waals surface area contributed by atoms with Gasteiger partial charge in [0.25, 0.3) is 0 Å². The van der Waals surface area contributed by atoms with Crippen LogP contribution in [0.1, 0.15) is 24.4 Å². The number of anilines is 1. The van der Waals surface area contributed by atoms with E-state index in [1.165, 1.54) is 36.0 Å². The number of hydrogen-bond donors (Lipinski definition) is 2. The Bertz CT molecular complexity index is 1010. The number of carbonyl (C=O) groups excluding carboxylic acids is 1. The number of para-hydroxylation sites is 1. The summed E-state index contributed by atoms with van der Waals surface area (Å²) in [7, 11) is 0. The van der Waals surface area contributed by atoms with Crippen LogP contribution in [-0.4, -0.2) is 26.0 Å². The number of halogens is 2. The first-order valence-corrected chi connectivity index (χ1v) is 9.63. The van der Waals surface area contributed by atoms with E-state index in [0.29, 0.717) is 11.6 Å². The van der Waals surface area contributed by atoms with Crippen LogP contribution in [0.5, 0.6) is 0 Å². The van der Waals surface area contributed by atoms with Gasteiger partial charge in [-0.25, -0.2) is 13.5 Å². The predicted octanol–water partition coefficient (Wildman–Crippen LogP) is 3.52. The summed E-state index contributed by atoms with van der Waals surface area (Å²) in [5.41, 5.74) is 4.09. The van der Waals surface area contributed by atoms with Gasteiger partial charge in [0.05, 0.1) is 11.7 Å². The summed E-state index contributed by atoms with van der Waals surface area (Å²) in [6.07, 6.45) is 0.656. The molecule has 28 heavy (non-hydrogen) atoms. The molecule has 6 nitrogen and oxygen atoms in total. The molecule has 2 heterocycles. The monoisotopic (exact) mass is 401 g/mol. The summed E-state index contributed by atoms with van der Waals surface area (Å²) >= 11 is 1.23. The number of amides is 1. The van der Waals surface area contributed by atoms with Gasteiger partial charge in [-0.05, 0) is 29.8 Å². The predicted molar refractivity (Wildman–Crippen MR) is 103 cm³/mol. The number of carbonyl (C=O) groups is 1. The molecule has 1 aromatic heterocycles. The van der Waals surface area contributed by atoms with Gasteiger partial charge in [0.2, 0.25) is 11.1 Å². The smallest absolute Gasteiger partial charge is 0.240 e. The number of benzene rings is 2. The van der Waals surface area contributed by atoms with Gasteiger partial charge < -0.3 is 10.7 Å². The SMILES string of the molecule is CCc1nnc2n1N[C@@H](c1ccc(F)cc1)[C@H](C(=O)Nc1ccccc1F)S2. The zero-order valence-electron chi connectivity index (χ0n) is 14.9. The Labute approximate surface area is 164 Å². The van der Waals surface area contributed by atoms with Crippen molar-refractivity contribution >= 4 is 23.4 Å². The van der Waals surface area contributed by atoms with E-state index >= 15 is 0 Å². The van der Waals surface area contributed by atoms with Crippen LogP contribution >= 0.6 is 11.8 Å². The molecule has 4 rings (SSSR count). The first kappa shape index (κ1) is 18.4. The summed E-state index contributed by atoms with van der Waals surface area (Å²) in [5, 5.41) is 10.8. The number of fused-ring (bicyclic) bond motifs is 1. The Hall–Kier alpha value is -2.94. The summed E-state index contributed by atoms with van der Waals surface area (Å²) < 4.78 is 29.1. The largest absolute Gasteiger partial charge is 0.323 e. The Morgan fingerprint density at radius 1 is 1.18 bits per heavy atom. The molecule has 0 fully saturated rings. The van der Waals surface area contributed by atoms with Crippen molar-refractivity contribution in [2.75, 3.05) is 10.7 Å². The maximum atomic E-state index is 14.0. The van der Waals surface area contributed by atoms with Crippen molar-refractivity contribution in [2.24, 2.45) is 0 Å². The topological polar surface area (TPSA) is 71.8 Å². The Kier molecular flexibility index (Phi) is 4.99. The molecule has 0 saturated heterocycles. The fourth-order valence-electron chi connectivity index (χ4n) is 3.01. The van der Waals surface area contributed by atoms with Gasteiger partial charge in [-0.15, -0.1) is 10.2 Å². The Morgan fingerprint density at radius 2 is 1.93 bits per heavy atom. The highest BCUT2D eigenvalue weighted by Crippen LogP contribution is 2.37. The van der Waals surface area contributed by atoms with Gasteiger partial charge in [-0.1, -0.05) is 43.0 Å². The fraction of sp³-hybridized carbons (Fsp3) is 0.211. The van der Waals surface area contributed by atoms with Crippen LogP contribution in [0.2, 0.25) is 0 Å². The molecule has 0 aliphatic carbocycles. The average Bonchev–Trinajstić information content (AvgIpc) is 3.11. The molecule has 0 unspecified atom stereocenters. The molecular weight excluding hydrogens is 384 g/mol. The highest BCUT2D eigenvalue weighted by molar-refractivity contribution is 8.00. The van der Waals surface area contributed by atoms with E-state index in [4.69, 9.17) is 0 Å². The molecular formula is C19H17F2N5OS. The number of aromatic nitrogens is 3. The summed E-state index contributed by atoms with van der Waals surface area (Å²) in [4.78, 5) is 13.0. The van der Waals surface area contributed by atoms with E-state index in [9.17, 15) is 13.6 Å². The molecule has 0 bridgehead atoms. The van der Waals surface area contributed by atoms with Crippen molar-refractivity contribution in [3.63, 3.8) is 0 Å². The van der Waals surface area contributed by atoms with Gasteiger partial charge in [-0.3, -0.25) is 4.79 Å². The molecule has 2 atom stereocenters. The lowest BCUT2D eigenvalue weighted by Gasteiger charge is -2.33. The summed E-state index contributed by atoms with van der Waals surface area (Å²) in [5.74, 6) is -0.537. The van der Waals surface area contributed by atoms with E-state index in [0.717, 1.165) is 11.4 Å². The second-order valence-electron chi connectivity index (χ2n) is 6.25. The molecule has 1 amide bonds. The molecule has 0 saturated carbocycles. The number of nitrogens with one attached hydrogen (secondary N) is 2. The van der Waals surface area contributed by atoms with Crippen molar-refractivity contribution in [2.45, 2.75) is 29.8 Å². The lowest BCUT2D eigenvalue weighted by Crippen LogP contribution is -2.41. The van der Waals surface area contributed by atoms with Gasteiger partial charge in [0.1, 0.15) is 16.9 Å². The molecule has 2 N–H and O–H groups in total. The summed E-state index contributed by atoms with van der Waals surface area (Å²) in [6, 6.07) is 11.4. The van der Waals surface area contributed by atoms with Gasteiger partial charge >= 0.3 is 0 Å². The Morgan fingerprint density at radius 3 is 2.64 bits per heavy atom. The second kappa shape index (κ2) is 7.59. The molecule has 0 spiro atoms. The lowest BCUT2D eigenvalue weighted by molar-refractivity contribution is -0.116. The van der Waals surface area contributed by atoms with Crippen LogP contribution in [0.15, 0.2) is 53.7 Å². The van der Waals surface area contributed by atoms with Crippen LogP contribution in [0.4, 0.5) is 14.5 Å². The van der Waals surface area contributed by atoms with Crippen LogP contribution in [-0.2, 0) is 11.2 Å². The van der Waals surface area contributed by atoms with Gasteiger partial charge in [0.15, 0.2) is 5.82 Å². The second-order valence-corrected chi connectivity index (χ2v) is 7.36. The zero-order valence-corrected chi connectivity index (χ0v) is 15.7. The van der Waals surface area contributed by atoms with Crippen LogP contribution in [0.25, 0.3) is 0 Å². The molecule has 3 aromatic rings. The number of thioether (sulfide) groups is 1. The van der Waals surface area contributed by atoms with Crippen molar-refractivity contribution in [1.29, 1.82) is 0 Å². The first-order valence-electron chi connectivity index (χ1n) is 8.75. The first-order chi connectivity index (χ1) is 13.6. The van der Waals surface area contributed by atoms with Gasteiger partial charge in [-0.2, -0.15) is 0 Å². The van der Waals surface area contributed by atoms with Crippen LogP contribution in [0.3, 0.4) is 0 Å². The van der Waals surface area contributed by atoms with E-state index in [1.54, 1.807) is 28.9 Å². The molecule has 1 aliphatic rings. The van der Waals surface area contributed by atoms with E-state index in [-0.39, 0.29) is 17.4 Å². The Balaban J connectivity index is 1.68. The van der Waals surface area contributed by atoms with Gasteiger partial charge in [0, 0.05) is 6.42 Å². The zero-order chi connectivity index (χ0) is 19.7. The molecule has 2 aromatic carbocycles. The lowest BCUT2D eigenvalue weighted by atomic mass is 10.0. The standard InChI is InChI=1S/C19H17F2N5OS/c1-2-15-23-24-19-26(15)25-16(11-7-9-12(20)10-8-11)17(28-19)18(27)22-14-6-4-3-5-13(14)21/h3-10,16-17,25H,2H2,1H3,(H,22,27)/t16-,17+/m0/s1. The molecule has 0 radical (unpaired) electrons. The van der Waals surface area contributed by atoms with E-state index < -0.39 is 17.1 Å². The molecule has 1 aliphatic heterocycles. The average molecular weight is 401 g/mol. The third-order valence-corrected chi connectivity index (χ3v) is 5.65. The quantitative estimate of drug-likeness (QED) is 0.700. The minimum absolute atomic E-state index is 0.104. The molecule has 144 valence electrons. The van der Waals surface area contributed by atoms with E-state index in [2.05, 4.69) is 20.9 Å². The van der Waals surface area contributed by atoms with Crippen molar-refractivity contribution < 1.29 is 13.6 Å². The third kappa shape index (κ3) is 3.45. The van der Waals surface area contributed by atoms with Crippen molar-refractivity contribution in [3.05, 3.63) is 71.6 Å². The number of rotatable bonds is 4. The minimum atomic E-state index is -0.661. The number of aryl methyl sites for hydroxylation is 1. The fourth-order valence-corrected chi connectivity index (χ4v) is 4.11. The maximum absolute atomic E-state index is 14.0. The summed E-state index contributed by atoms with van der Waals surface area (Å²) in [6.45, 7) is 1.95. The highest BCUT2D eigenvalue weighted by Gasteiger charge is 2.37. The number of nitrogens with zero attached hydrogens (tertiary/aromatic N) is 3. The van der Waals surface area contributed by atoms with Crippen LogP contribution < -0.4 is 10.7 Å². The highest BCUT2D eigenvalue weighted by atomic mass is 32.2. The number of hydrogen-bond acceptors (Lipinski definition) is 5. The third-order valence-electron chi connectivity index (χ3n) is 4.44. The maximum Gasteiger partial charge on any atom is 0.240 e. The van der Waals surface area contributed by atoms with Crippen molar-refractivity contribution in [1.82, 2.24) is 14.9 Å². The van der Waals surface area contributed by atoms with Crippen molar-refractivity contribution in [3.8, 4) is 0 Å².